The summed E-state index contributed by atoms with van der Waals surface area (Å²) in [7, 11) is 1.54. The highest BCUT2D eigenvalue weighted by molar-refractivity contribution is 5.90. The van der Waals surface area contributed by atoms with Gasteiger partial charge in [0, 0.05) is 31.1 Å². The number of nitrogen functional groups attached to an aromatic ring is 1. The van der Waals surface area contributed by atoms with Gasteiger partial charge in [-0.05, 0) is 30.3 Å². The van der Waals surface area contributed by atoms with E-state index in [1.807, 2.05) is 0 Å². The number of likely N-dealkylation sites (tertiary alicyclic amines) is 1. The van der Waals surface area contributed by atoms with Gasteiger partial charge in [0.2, 0.25) is 5.60 Å². The SMILES string of the molecule is [2H]c1nc(N)c2nc(-c3cc(C#C[C@]4(O)CCN(C)C4=O)ccc3OC(F)(F)F)ccc2n1. The van der Waals surface area contributed by atoms with Crippen molar-refractivity contribution in [2.75, 3.05) is 19.3 Å². The van der Waals surface area contributed by atoms with E-state index < -0.39 is 23.6 Å². The average molecular weight is 444 g/mol. The van der Waals surface area contributed by atoms with Gasteiger partial charge >= 0.3 is 6.36 Å². The number of pyridine rings is 1. The standard InChI is InChI=1S/C21H16F3N5O3/c1-29-9-8-20(31,19(29)30)7-6-12-2-5-16(32-21(22,23)24)13(10-12)14-3-4-15-17(28-14)18(25)27-11-26-15/h2-5,10-11,31H,8-9H2,1H3,(H2,25,26,27)/t20-/m0/s1/i11D. The van der Waals surface area contributed by atoms with Crippen LogP contribution in [0.25, 0.3) is 22.3 Å². The second kappa shape index (κ2) is 7.65. The normalized spacial score (nSPS) is 19.0. The van der Waals surface area contributed by atoms with Gasteiger partial charge in [-0.15, -0.1) is 13.2 Å². The predicted octanol–water partition coefficient (Wildman–Crippen LogP) is 2.12. The molecule has 1 amide bonds. The van der Waals surface area contributed by atoms with Crippen molar-refractivity contribution < 1.29 is 29.2 Å². The van der Waals surface area contributed by atoms with Crippen molar-refractivity contribution in [1.82, 2.24) is 19.9 Å². The maximum Gasteiger partial charge on any atom is 0.573 e. The number of alkyl halides is 3. The molecule has 1 saturated heterocycles. The molecule has 1 fully saturated rings. The van der Waals surface area contributed by atoms with Crippen molar-refractivity contribution in [2.45, 2.75) is 18.4 Å². The van der Waals surface area contributed by atoms with Crippen LogP contribution in [0.15, 0.2) is 36.6 Å². The van der Waals surface area contributed by atoms with Crippen molar-refractivity contribution in [3.05, 3.63) is 42.2 Å². The van der Waals surface area contributed by atoms with Crippen LogP contribution < -0.4 is 10.5 Å². The van der Waals surface area contributed by atoms with Crippen LogP contribution in [0.2, 0.25) is 0 Å². The molecule has 1 aliphatic rings. The fourth-order valence-electron chi connectivity index (χ4n) is 3.23. The zero-order valence-electron chi connectivity index (χ0n) is 17.6. The Morgan fingerprint density at radius 3 is 2.78 bits per heavy atom. The third-order valence-electron chi connectivity index (χ3n) is 4.86. The van der Waals surface area contributed by atoms with Gasteiger partial charge in [0.1, 0.15) is 18.9 Å². The van der Waals surface area contributed by atoms with Crippen LogP contribution >= 0.6 is 0 Å². The molecule has 1 atom stereocenters. The number of ether oxygens (including phenoxy) is 1. The number of amides is 1. The molecule has 0 radical (unpaired) electrons. The number of carbonyl (C=O) groups is 1. The summed E-state index contributed by atoms with van der Waals surface area (Å²) in [4.78, 5) is 25.3. The highest BCUT2D eigenvalue weighted by Gasteiger charge is 2.42. The summed E-state index contributed by atoms with van der Waals surface area (Å²) in [6.45, 7) is 0.332. The molecule has 3 N–H and O–H groups in total. The molecule has 0 bridgehead atoms. The smallest absolute Gasteiger partial charge is 0.405 e. The Balaban J connectivity index is 1.81. The molecule has 11 heteroatoms. The van der Waals surface area contributed by atoms with Gasteiger partial charge in [-0.3, -0.25) is 4.79 Å². The Morgan fingerprint density at radius 2 is 2.09 bits per heavy atom. The Hall–Kier alpha value is -3.91. The molecule has 3 aromatic rings. The summed E-state index contributed by atoms with van der Waals surface area (Å²) in [5.74, 6) is 3.98. The van der Waals surface area contributed by atoms with Crippen LogP contribution in [0.5, 0.6) is 5.75 Å². The van der Waals surface area contributed by atoms with Gasteiger partial charge < -0.3 is 20.5 Å². The van der Waals surface area contributed by atoms with Gasteiger partial charge in [0.05, 0.1) is 11.2 Å². The highest BCUT2D eigenvalue weighted by Crippen LogP contribution is 2.35. The molecular formula is C21H16F3N5O3. The molecule has 3 heterocycles. The van der Waals surface area contributed by atoms with Crippen LogP contribution in [0.1, 0.15) is 13.4 Å². The van der Waals surface area contributed by atoms with Crippen molar-refractivity contribution >= 4 is 22.8 Å². The lowest BCUT2D eigenvalue weighted by Crippen LogP contribution is -2.37. The van der Waals surface area contributed by atoms with Crippen LogP contribution in [0, 0.1) is 11.8 Å². The van der Waals surface area contributed by atoms with E-state index in [4.69, 9.17) is 7.10 Å². The van der Waals surface area contributed by atoms with E-state index in [0.717, 1.165) is 6.07 Å². The number of anilines is 1. The number of rotatable bonds is 2. The summed E-state index contributed by atoms with van der Waals surface area (Å²) in [5, 5.41) is 10.5. The van der Waals surface area contributed by atoms with Crippen molar-refractivity contribution in [2.24, 2.45) is 0 Å². The average Bonchev–Trinajstić information content (AvgIpc) is 2.99. The molecule has 32 heavy (non-hydrogen) atoms. The number of likely N-dealkylation sites (N-methyl/N-ethyl adjacent to an activating group) is 1. The first-order chi connectivity index (χ1) is 15.4. The first-order valence-electron chi connectivity index (χ1n) is 9.77. The minimum Gasteiger partial charge on any atom is -0.405 e. The van der Waals surface area contributed by atoms with Gasteiger partial charge in [0.15, 0.2) is 5.82 Å². The third-order valence-corrected chi connectivity index (χ3v) is 4.86. The number of halogens is 3. The quantitative estimate of drug-likeness (QED) is 0.582. The summed E-state index contributed by atoms with van der Waals surface area (Å²) in [6.07, 6.45) is -5.17. The Kier molecular flexibility index (Phi) is 4.79. The van der Waals surface area contributed by atoms with Gasteiger partial charge in [-0.25, -0.2) is 15.0 Å². The Morgan fingerprint density at radius 1 is 1.31 bits per heavy atom. The molecule has 1 aromatic carbocycles. The molecule has 1 aliphatic heterocycles. The van der Waals surface area contributed by atoms with Crippen LogP contribution in [-0.4, -0.2) is 56.4 Å². The number of benzene rings is 1. The Labute approximate surface area is 181 Å². The molecule has 0 saturated carbocycles. The fraction of sp³-hybridized carbons (Fsp3) is 0.238. The Bertz CT molecular complexity index is 1340. The van der Waals surface area contributed by atoms with Crippen LogP contribution in [-0.2, 0) is 4.79 Å². The van der Waals surface area contributed by atoms with E-state index >= 15 is 0 Å². The van der Waals surface area contributed by atoms with E-state index in [2.05, 4.69) is 31.5 Å². The molecule has 4 rings (SSSR count). The van der Waals surface area contributed by atoms with E-state index in [1.165, 1.54) is 36.2 Å². The molecule has 0 spiro atoms. The molecule has 2 aromatic heterocycles. The number of aliphatic hydroxyl groups is 1. The topological polar surface area (TPSA) is 114 Å². The largest absolute Gasteiger partial charge is 0.573 e. The van der Waals surface area contributed by atoms with Crippen molar-refractivity contribution in [3.8, 4) is 28.8 Å². The number of hydrogen-bond acceptors (Lipinski definition) is 7. The first kappa shape index (κ1) is 20.0. The number of nitrogens with zero attached hydrogens (tertiary/aromatic N) is 4. The first-order valence-corrected chi connectivity index (χ1v) is 9.27. The molecule has 0 unspecified atom stereocenters. The maximum absolute atomic E-state index is 13.0. The van der Waals surface area contributed by atoms with Crippen molar-refractivity contribution in [3.63, 3.8) is 0 Å². The third kappa shape index (κ3) is 4.13. The lowest BCUT2D eigenvalue weighted by molar-refractivity contribution is -0.274. The zero-order valence-corrected chi connectivity index (χ0v) is 16.6. The molecule has 8 nitrogen and oxygen atoms in total. The lowest BCUT2D eigenvalue weighted by Gasteiger charge is -2.14. The van der Waals surface area contributed by atoms with Gasteiger partial charge in [-0.1, -0.05) is 11.8 Å². The lowest BCUT2D eigenvalue weighted by atomic mass is 10.0. The van der Waals surface area contributed by atoms with Gasteiger partial charge in [0.25, 0.3) is 5.91 Å². The van der Waals surface area contributed by atoms with E-state index in [-0.39, 0.29) is 46.4 Å². The minimum absolute atomic E-state index is 0.0581. The number of hydrogen-bond donors (Lipinski definition) is 2. The number of aromatic nitrogens is 3. The molecule has 164 valence electrons. The molecule has 0 aliphatic carbocycles. The summed E-state index contributed by atoms with van der Waals surface area (Å²) >= 11 is 0. The number of fused-ring (bicyclic) bond motifs is 1. The summed E-state index contributed by atoms with van der Waals surface area (Å²) in [5.41, 5.74) is 4.52. The summed E-state index contributed by atoms with van der Waals surface area (Å²) in [6, 6.07) is 6.48. The number of nitrogens with two attached hydrogens (primary N) is 1. The second-order valence-electron chi connectivity index (χ2n) is 7.12. The predicted molar refractivity (Wildman–Crippen MR) is 108 cm³/mol. The number of carbonyl (C=O) groups excluding carboxylic acids is 1. The minimum atomic E-state index is -4.96. The van der Waals surface area contributed by atoms with Gasteiger partial charge in [-0.2, -0.15) is 0 Å². The zero-order chi connectivity index (χ0) is 24.0. The van der Waals surface area contributed by atoms with E-state index in [1.54, 1.807) is 0 Å². The molecular weight excluding hydrogens is 427 g/mol. The monoisotopic (exact) mass is 444 g/mol. The highest BCUT2D eigenvalue weighted by atomic mass is 19.4. The second-order valence-corrected chi connectivity index (χ2v) is 7.12. The van der Waals surface area contributed by atoms with Crippen LogP contribution in [0.4, 0.5) is 19.0 Å². The van der Waals surface area contributed by atoms with E-state index in [9.17, 15) is 23.1 Å². The maximum atomic E-state index is 13.0. The summed E-state index contributed by atoms with van der Waals surface area (Å²) < 4.78 is 50.6. The van der Waals surface area contributed by atoms with E-state index in [0.29, 0.717) is 6.54 Å². The fourth-order valence-corrected chi connectivity index (χ4v) is 3.23. The van der Waals surface area contributed by atoms with Crippen molar-refractivity contribution in [1.29, 1.82) is 0 Å². The van der Waals surface area contributed by atoms with Crippen LogP contribution in [0.3, 0.4) is 0 Å².